The summed E-state index contributed by atoms with van der Waals surface area (Å²) in [7, 11) is 0. The average Bonchev–Trinajstić information content (AvgIpc) is 2.92. The van der Waals surface area contributed by atoms with Gasteiger partial charge in [0.1, 0.15) is 6.04 Å². The van der Waals surface area contributed by atoms with E-state index in [1.165, 1.54) is 16.9 Å². The van der Waals surface area contributed by atoms with E-state index in [4.69, 9.17) is 11.6 Å². The first-order chi connectivity index (χ1) is 8.95. The number of Topliss-reactive ketones (excluding diaryl/α,β-unsaturated/α-hetero) is 1. The van der Waals surface area contributed by atoms with Crippen molar-refractivity contribution in [1.82, 2.24) is 9.78 Å². The van der Waals surface area contributed by atoms with Gasteiger partial charge in [-0.15, -0.1) is 11.3 Å². The lowest BCUT2D eigenvalue weighted by Gasteiger charge is -2.12. The number of carbonyl (C=O) groups is 1. The zero-order valence-electron chi connectivity index (χ0n) is 11.5. The maximum Gasteiger partial charge on any atom is 0.197 e. The number of thiophene rings is 1. The van der Waals surface area contributed by atoms with Crippen LogP contribution in [0, 0.1) is 13.8 Å². The second-order valence-electron chi connectivity index (χ2n) is 4.59. The molecule has 2 heterocycles. The number of hydrogen-bond donors (Lipinski definition) is 0. The molecule has 0 radical (unpaired) electrons. The summed E-state index contributed by atoms with van der Waals surface area (Å²) < 4.78 is 2.46. The molecule has 19 heavy (non-hydrogen) atoms. The van der Waals surface area contributed by atoms with Crippen LogP contribution in [0.5, 0.6) is 0 Å². The minimum absolute atomic E-state index is 0.0603. The van der Waals surface area contributed by atoms with E-state index >= 15 is 0 Å². The zero-order chi connectivity index (χ0) is 14.2. The van der Waals surface area contributed by atoms with E-state index in [2.05, 4.69) is 12.0 Å². The number of aromatic nitrogens is 2. The molecule has 0 saturated carbocycles. The molecule has 1 atom stereocenters. The highest BCUT2D eigenvalue weighted by molar-refractivity contribution is 7.18. The molecule has 1 unspecified atom stereocenters. The van der Waals surface area contributed by atoms with Crippen LogP contribution >= 0.6 is 22.9 Å². The topological polar surface area (TPSA) is 34.9 Å². The summed E-state index contributed by atoms with van der Waals surface area (Å²) in [6.07, 6.45) is 0.934. The van der Waals surface area contributed by atoms with Gasteiger partial charge in [-0.1, -0.05) is 18.5 Å². The Morgan fingerprint density at radius 2 is 2.16 bits per heavy atom. The molecule has 5 heteroatoms. The number of ketones is 1. The van der Waals surface area contributed by atoms with Crippen molar-refractivity contribution in [3.8, 4) is 0 Å². The molecule has 0 spiro atoms. The van der Waals surface area contributed by atoms with Crippen molar-refractivity contribution in [2.24, 2.45) is 0 Å². The molecule has 0 aliphatic carbocycles. The molecule has 3 nitrogen and oxygen atoms in total. The summed E-state index contributed by atoms with van der Waals surface area (Å²) in [5.74, 6) is 0.0603. The summed E-state index contributed by atoms with van der Waals surface area (Å²) in [5.41, 5.74) is 3.30. The molecule has 0 N–H and O–H groups in total. The number of hydrogen-bond acceptors (Lipinski definition) is 3. The van der Waals surface area contributed by atoms with Gasteiger partial charge >= 0.3 is 0 Å². The van der Waals surface area contributed by atoms with E-state index in [1.807, 2.05) is 25.5 Å². The summed E-state index contributed by atoms with van der Waals surface area (Å²) in [6, 6.07) is 3.23. The first-order valence-corrected chi connectivity index (χ1v) is 7.49. The van der Waals surface area contributed by atoms with Gasteiger partial charge in [-0.25, -0.2) is 0 Å². The van der Waals surface area contributed by atoms with Gasteiger partial charge in [-0.2, -0.15) is 5.10 Å². The third-order valence-corrected chi connectivity index (χ3v) is 4.64. The molecular formula is C14H17ClN2OS. The van der Waals surface area contributed by atoms with Crippen LogP contribution in [0.3, 0.4) is 0 Å². The van der Waals surface area contributed by atoms with Crippen molar-refractivity contribution < 1.29 is 4.79 Å². The molecule has 0 aliphatic rings. The molecule has 0 fully saturated rings. The Morgan fingerprint density at radius 1 is 1.47 bits per heavy atom. The molecule has 0 bridgehead atoms. The normalized spacial score (nSPS) is 12.7. The van der Waals surface area contributed by atoms with Crippen LogP contribution in [0.15, 0.2) is 12.1 Å². The van der Waals surface area contributed by atoms with Crippen molar-refractivity contribution in [2.75, 3.05) is 0 Å². The Morgan fingerprint density at radius 3 is 2.63 bits per heavy atom. The quantitative estimate of drug-likeness (QED) is 0.792. The molecule has 2 aromatic rings. The lowest BCUT2D eigenvalue weighted by atomic mass is 10.1. The lowest BCUT2D eigenvalue weighted by Crippen LogP contribution is -2.18. The molecule has 0 saturated heterocycles. The molecule has 0 amide bonds. The molecule has 0 aromatic carbocycles. The minimum atomic E-state index is -0.297. The smallest absolute Gasteiger partial charge is 0.197 e. The van der Waals surface area contributed by atoms with Gasteiger partial charge in [0.2, 0.25) is 0 Å². The molecular weight excluding hydrogens is 280 g/mol. The van der Waals surface area contributed by atoms with Crippen LogP contribution in [0.25, 0.3) is 0 Å². The van der Waals surface area contributed by atoms with Gasteiger partial charge in [0, 0.05) is 5.69 Å². The highest BCUT2D eigenvalue weighted by Crippen LogP contribution is 2.26. The van der Waals surface area contributed by atoms with Crippen molar-refractivity contribution >= 4 is 28.7 Å². The fourth-order valence-electron chi connectivity index (χ4n) is 2.35. The van der Waals surface area contributed by atoms with E-state index in [9.17, 15) is 4.79 Å². The summed E-state index contributed by atoms with van der Waals surface area (Å²) in [4.78, 5) is 13.1. The highest BCUT2D eigenvalue weighted by Gasteiger charge is 2.22. The number of nitrogens with zero attached hydrogens (tertiary/aromatic N) is 2. The van der Waals surface area contributed by atoms with E-state index < -0.39 is 0 Å². The van der Waals surface area contributed by atoms with Crippen LogP contribution in [0.4, 0.5) is 0 Å². The van der Waals surface area contributed by atoms with E-state index in [1.54, 1.807) is 12.1 Å². The summed E-state index contributed by atoms with van der Waals surface area (Å²) >= 11 is 7.20. The third-order valence-electron chi connectivity index (χ3n) is 3.39. The van der Waals surface area contributed by atoms with Crippen molar-refractivity contribution in [3.05, 3.63) is 38.3 Å². The number of halogens is 1. The van der Waals surface area contributed by atoms with Crippen LogP contribution < -0.4 is 0 Å². The maximum absolute atomic E-state index is 12.4. The number of aryl methyl sites for hydroxylation is 1. The van der Waals surface area contributed by atoms with Crippen LogP contribution in [-0.2, 0) is 6.42 Å². The minimum Gasteiger partial charge on any atom is -0.291 e. The van der Waals surface area contributed by atoms with Crippen molar-refractivity contribution in [1.29, 1.82) is 0 Å². The van der Waals surface area contributed by atoms with Crippen LogP contribution in [0.2, 0.25) is 4.34 Å². The van der Waals surface area contributed by atoms with Crippen LogP contribution in [0.1, 0.15) is 46.5 Å². The predicted octanol–water partition coefficient (Wildman–Crippen LogP) is 4.22. The largest absolute Gasteiger partial charge is 0.291 e. The summed E-state index contributed by atoms with van der Waals surface area (Å²) in [6.45, 7) is 7.99. The van der Waals surface area contributed by atoms with Gasteiger partial charge in [0.15, 0.2) is 5.78 Å². The Balaban J connectivity index is 2.34. The van der Waals surface area contributed by atoms with Crippen LogP contribution in [-0.4, -0.2) is 15.6 Å². The van der Waals surface area contributed by atoms with Gasteiger partial charge in [-0.3, -0.25) is 9.48 Å². The predicted molar refractivity (Wildman–Crippen MR) is 79.4 cm³/mol. The number of rotatable bonds is 4. The second kappa shape index (κ2) is 5.47. The SMILES string of the molecule is CCc1c(C)nn(C(C)C(=O)c2ccc(Cl)s2)c1C. The number of carbonyl (C=O) groups excluding carboxylic acids is 1. The maximum atomic E-state index is 12.4. The monoisotopic (exact) mass is 296 g/mol. The molecule has 0 aliphatic heterocycles. The van der Waals surface area contributed by atoms with E-state index in [-0.39, 0.29) is 11.8 Å². The zero-order valence-corrected chi connectivity index (χ0v) is 13.1. The fraction of sp³-hybridized carbons (Fsp3) is 0.429. The second-order valence-corrected chi connectivity index (χ2v) is 6.31. The van der Waals surface area contributed by atoms with Crippen molar-refractivity contribution in [2.45, 2.75) is 40.2 Å². The Hall–Kier alpha value is -1.13. The standard InChI is InChI=1S/C14H17ClN2OS/c1-5-11-8(2)16-17(9(11)3)10(4)14(18)12-6-7-13(15)19-12/h6-7,10H,5H2,1-4H3. The molecule has 2 rings (SSSR count). The van der Waals surface area contributed by atoms with E-state index in [0.717, 1.165) is 17.8 Å². The first kappa shape index (κ1) is 14.3. The van der Waals surface area contributed by atoms with Gasteiger partial charge in [0.25, 0.3) is 0 Å². The van der Waals surface area contributed by atoms with Gasteiger partial charge < -0.3 is 0 Å². The summed E-state index contributed by atoms with van der Waals surface area (Å²) in [5, 5.41) is 4.50. The highest BCUT2D eigenvalue weighted by atomic mass is 35.5. The molecule has 102 valence electrons. The Bertz CT molecular complexity index is 615. The van der Waals surface area contributed by atoms with Crippen molar-refractivity contribution in [3.63, 3.8) is 0 Å². The average molecular weight is 297 g/mol. The Kier molecular flexibility index (Phi) is 4.11. The van der Waals surface area contributed by atoms with Gasteiger partial charge in [0.05, 0.1) is 14.9 Å². The van der Waals surface area contributed by atoms with E-state index in [0.29, 0.717) is 9.21 Å². The molecule has 2 aromatic heterocycles. The Labute approximate surface area is 122 Å². The third kappa shape index (κ3) is 2.60. The van der Waals surface area contributed by atoms with Gasteiger partial charge in [-0.05, 0) is 44.9 Å². The fourth-order valence-corrected chi connectivity index (χ4v) is 3.42. The lowest BCUT2D eigenvalue weighted by molar-refractivity contribution is 0.0930. The first-order valence-electron chi connectivity index (χ1n) is 6.29.